The van der Waals surface area contributed by atoms with Gasteiger partial charge in [-0.3, -0.25) is 9.59 Å². The van der Waals surface area contributed by atoms with E-state index < -0.39 is 53.0 Å². The smallest absolute Gasteiger partial charge is 0.419 e. The molecule has 2 amide bonds. The van der Waals surface area contributed by atoms with Gasteiger partial charge in [-0.1, -0.05) is 12.1 Å². The van der Waals surface area contributed by atoms with Crippen LogP contribution in [0.2, 0.25) is 0 Å². The van der Waals surface area contributed by atoms with Crippen molar-refractivity contribution in [3.63, 3.8) is 0 Å². The number of methoxy groups -OCH3 is 1. The molecule has 0 radical (unpaired) electrons. The monoisotopic (exact) mass is 678 g/mol. The topological polar surface area (TPSA) is 87.7 Å². The van der Waals surface area contributed by atoms with Crippen molar-refractivity contribution in [1.82, 2.24) is 0 Å². The Labute approximate surface area is 268 Å². The van der Waals surface area contributed by atoms with Gasteiger partial charge in [-0.25, -0.2) is 8.78 Å². The van der Waals surface area contributed by atoms with Crippen LogP contribution in [0.1, 0.15) is 61.9 Å². The lowest BCUT2D eigenvalue weighted by Gasteiger charge is -2.21. The summed E-state index contributed by atoms with van der Waals surface area (Å²) >= 11 is 0. The van der Waals surface area contributed by atoms with Gasteiger partial charge in [-0.15, -0.1) is 0 Å². The number of anilines is 2. The summed E-state index contributed by atoms with van der Waals surface area (Å²) < 4.78 is 113. The Balaban J connectivity index is 1.51. The predicted molar refractivity (Wildman–Crippen MR) is 160 cm³/mol. The lowest BCUT2D eigenvalue weighted by atomic mass is 9.89. The zero-order valence-electron chi connectivity index (χ0n) is 25.0. The number of carbonyl (C=O) groups excluding carboxylic acids is 2. The van der Waals surface area contributed by atoms with E-state index in [1.807, 2.05) is 0 Å². The molecule has 0 saturated carbocycles. The lowest BCUT2D eigenvalue weighted by Crippen LogP contribution is -2.21. The van der Waals surface area contributed by atoms with Gasteiger partial charge in [0.2, 0.25) is 0 Å². The fourth-order valence-electron chi connectivity index (χ4n) is 5.46. The summed E-state index contributed by atoms with van der Waals surface area (Å²) in [5, 5.41) is 14.6. The fraction of sp³-hybridized carbons (Fsp3) is 0.235. The number of nitrogens with one attached hydrogen (secondary N) is 2. The molecule has 6 nitrogen and oxygen atoms in total. The molecule has 0 heterocycles. The molecule has 4 aromatic rings. The first-order valence-electron chi connectivity index (χ1n) is 14.4. The van der Waals surface area contributed by atoms with Gasteiger partial charge in [-0.2, -0.15) is 26.3 Å². The SMILES string of the molecule is COc1ccc(-c2cc([C@H](O)C(F)(F)F)ccc2F)cc1C(=O)Nc1cc2c(cc1C(=O)Nc1ccc(F)c(C(F)(F)F)c1)CCCC2. The molecule has 252 valence electrons. The van der Waals surface area contributed by atoms with E-state index in [1.165, 1.54) is 25.3 Å². The summed E-state index contributed by atoms with van der Waals surface area (Å²) in [6.45, 7) is 0. The van der Waals surface area contributed by atoms with E-state index in [9.17, 15) is 49.8 Å². The second-order valence-electron chi connectivity index (χ2n) is 11.1. The third kappa shape index (κ3) is 7.28. The van der Waals surface area contributed by atoms with Gasteiger partial charge in [0.15, 0.2) is 6.10 Å². The van der Waals surface area contributed by atoms with Crippen LogP contribution in [0.5, 0.6) is 5.75 Å². The molecular formula is C34H26F8N2O4. The molecule has 1 atom stereocenters. The molecule has 4 aromatic carbocycles. The molecule has 0 unspecified atom stereocenters. The van der Waals surface area contributed by atoms with Crippen molar-refractivity contribution in [3.8, 4) is 16.9 Å². The summed E-state index contributed by atoms with van der Waals surface area (Å²) in [6.07, 6.45) is -10.1. The molecule has 48 heavy (non-hydrogen) atoms. The molecular weight excluding hydrogens is 652 g/mol. The van der Waals surface area contributed by atoms with E-state index >= 15 is 0 Å². The van der Waals surface area contributed by atoms with Crippen molar-refractivity contribution in [2.75, 3.05) is 17.7 Å². The van der Waals surface area contributed by atoms with E-state index in [4.69, 9.17) is 4.74 Å². The minimum atomic E-state index is -5.02. The first-order chi connectivity index (χ1) is 22.6. The van der Waals surface area contributed by atoms with Crippen LogP contribution < -0.4 is 15.4 Å². The first kappa shape index (κ1) is 34.4. The van der Waals surface area contributed by atoms with Crippen molar-refractivity contribution in [2.45, 2.75) is 44.1 Å². The molecule has 14 heteroatoms. The Morgan fingerprint density at radius 2 is 1.42 bits per heavy atom. The summed E-state index contributed by atoms with van der Waals surface area (Å²) in [5.74, 6) is -4.25. The van der Waals surface area contributed by atoms with Crippen molar-refractivity contribution >= 4 is 23.2 Å². The number of hydrogen-bond donors (Lipinski definition) is 3. The van der Waals surface area contributed by atoms with Gasteiger partial charge in [0.1, 0.15) is 17.4 Å². The highest BCUT2D eigenvalue weighted by Gasteiger charge is 2.39. The van der Waals surface area contributed by atoms with Crippen molar-refractivity contribution in [3.05, 3.63) is 112 Å². The number of amides is 2. The van der Waals surface area contributed by atoms with Crippen LogP contribution in [0.15, 0.2) is 66.7 Å². The summed E-state index contributed by atoms with van der Waals surface area (Å²) in [5.41, 5.74) is -1.68. The summed E-state index contributed by atoms with van der Waals surface area (Å²) in [7, 11) is 1.24. The molecule has 0 spiro atoms. The average molecular weight is 679 g/mol. The summed E-state index contributed by atoms with van der Waals surface area (Å²) in [6, 6.07) is 11.1. The maximum absolute atomic E-state index is 14.8. The number of aliphatic hydroxyl groups is 1. The molecule has 3 N–H and O–H groups in total. The zero-order valence-corrected chi connectivity index (χ0v) is 25.0. The van der Waals surface area contributed by atoms with Crippen LogP contribution in [0.25, 0.3) is 11.1 Å². The molecule has 0 aliphatic heterocycles. The number of aliphatic hydroxyl groups excluding tert-OH is 1. The van der Waals surface area contributed by atoms with E-state index in [2.05, 4.69) is 10.6 Å². The number of alkyl halides is 6. The van der Waals surface area contributed by atoms with E-state index in [1.54, 1.807) is 6.07 Å². The molecule has 1 aliphatic carbocycles. The van der Waals surface area contributed by atoms with Gasteiger partial charge < -0.3 is 20.5 Å². The maximum atomic E-state index is 14.8. The van der Waals surface area contributed by atoms with Crippen molar-refractivity contribution in [2.24, 2.45) is 0 Å². The number of carbonyl (C=O) groups is 2. The number of aryl methyl sites for hydroxylation is 2. The van der Waals surface area contributed by atoms with Crippen LogP contribution in [0.3, 0.4) is 0 Å². The van der Waals surface area contributed by atoms with E-state index in [0.717, 1.165) is 54.3 Å². The van der Waals surface area contributed by atoms with Crippen LogP contribution in [-0.2, 0) is 19.0 Å². The molecule has 5 rings (SSSR count). The highest BCUT2D eigenvalue weighted by atomic mass is 19.4. The normalized spacial score (nSPS) is 13.8. The Bertz CT molecular complexity index is 1890. The Kier molecular flexibility index (Phi) is 9.49. The molecule has 0 aromatic heterocycles. The highest BCUT2D eigenvalue weighted by Crippen LogP contribution is 2.37. The van der Waals surface area contributed by atoms with Gasteiger partial charge in [0.25, 0.3) is 11.8 Å². The van der Waals surface area contributed by atoms with Gasteiger partial charge >= 0.3 is 12.4 Å². The number of benzene rings is 4. The zero-order chi connectivity index (χ0) is 35.0. The molecule has 1 aliphatic rings. The average Bonchev–Trinajstić information content (AvgIpc) is 3.04. The highest BCUT2D eigenvalue weighted by molar-refractivity contribution is 6.13. The Hall–Kier alpha value is -4.98. The lowest BCUT2D eigenvalue weighted by molar-refractivity contribution is -0.206. The van der Waals surface area contributed by atoms with Crippen molar-refractivity contribution < 1.29 is 54.6 Å². The Morgan fingerprint density at radius 1 is 0.771 bits per heavy atom. The fourth-order valence-corrected chi connectivity index (χ4v) is 5.46. The van der Waals surface area contributed by atoms with Crippen LogP contribution >= 0.6 is 0 Å². The van der Waals surface area contributed by atoms with E-state index in [0.29, 0.717) is 25.0 Å². The quantitative estimate of drug-likeness (QED) is 0.171. The third-order valence-electron chi connectivity index (χ3n) is 7.88. The largest absolute Gasteiger partial charge is 0.496 e. The number of halogens is 8. The van der Waals surface area contributed by atoms with Gasteiger partial charge in [0, 0.05) is 11.3 Å². The maximum Gasteiger partial charge on any atom is 0.419 e. The van der Waals surface area contributed by atoms with Crippen LogP contribution in [-0.4, -0.2) is 30.2 Å². The minimum Gasteiger partial charge on any atom is -0.496 e. The standard InChI is InChI=1S/C34H26F8N2O4/c1-48-29-11-7-19(22-14-20(6-9-26(22)35)30(45)34(40,41)42)13-24(29)32(47)44-28-15-18-5-3-2-4-17(18)12-23(28)31(46)43-21-8-10-27(36)25(16-21)33(37,38)39/h6-16,30,45H,2-5H2,1H3,(H,43,46)(H,44,47)/t30-/m0/s1. The summed E-state index contributed by atoms with van der Waals surface area (Å²) in [4.78, 5) is 27.1. The second kappa shape index (κ2) is 13.3. The van der Waals surface area contributed by atoms with Gasteiger partial charge in [-0.05, 0) is 103 Å². The first-order valence-corrected chi connectivity index (χ1v) is 14.4. The molecule has 0 bridgehead atoms. The van der Waals surface area contributed by atoms with Crippen LogP contribution in [0, 0.1) is 11.6 Å². The number of hydrogen-bond acceptors (Lipinski definition) is 4. The second-order valence-corrected chi connectivity index (χ2v) is 11.1. The number of fused-ring (bicyclic) bond motifs is 1. The van der Waals surface area contributed by atoms with Gasteiger partial charge in [0.05, 0.1) is 29.5 Å². The van der Waals surface area contributed by atoms with E-state index in [-0.39, 0.29) is 39.4 Å². The van der Waals surface area contributed by atoms with Crippen molar-refractivity contribution in [1.29, 1.82) is 0 Å². The minimum absolute atomic E-state index is 0.0157. The molecule has 0 saturated heterocycles. The number of ether oxygens (including phenoxy) is 1. The Morgan fingerprint density at radius 3 is 2.06 bits per heavy atom. The van der Waals surface area contributed by atoms with Crippen LogP contribution in [0.4, 0.5) is 46.5 Å². The number of rotatable bonds is 7. The molecule has 0 fully saturated rings. The third-order valence-corrected chi connectivity index (χ3v) is 7.88. The predicted octanol–water partition coefficient (Wildman–Crippen LogP) is 8.64.